The van der Waals surface area contributed by atoms with Crippen LogP contribution in [0.15, 0.2) is 12.7 Å². The number of unbranched alkanes of at least 4 members (excludes halogenated alkanes) is 2. The topological polar surface area (TPSA) is 87.2 Å². The van der Waals surface area contributed by atoms with Crippen molar-refractivity contribution in [2.75, 3.05) is 26.3 Å². The summed E-state index contributed by atoms with van der Waals surface area (Å²) in [5.74, 6) is -1.57. The van der Waals surface area contributed by atoms with E-state index in [1.165, 1.54) is 0 Å². The number of ether oxygens (including phenoxy) is 1. The van der Waals surface area contributed by atoms with Gasteiger partial charge in [0.2, 0.25) is 11.8 Å². The zero-order chi connectivity index (χ0) is 25.0. The van der Waals surface area contributed by atoms with Gasteiger partial charge in [-0.15, -0.1) is 18.3 Å². The largest absolute Gasteiger partial charge is 0.466 e. The van der Waals surface area contributed by atoms with Crippen LogP contribution in [0.1, 0.15) is 59.3 Å². The van der Waals surface area contributed by atoms with Crippen molar-refractivity contribution in [1.29, 1.82) is 0 Å². The zero-order valence-corrected chi connectivity index (χ0v) is 23.0. The summed E-state index contributed by atoms with van der Waals surface area (Å²) in [7, 11) is 0. The molecule has 0 aromatic carbocycles. The second-order valence-electron chi connectivity index (χ2n) is 9.65. The summed E-state index contributed by atoms with van der Waals surface area (Å²) >= 11 is 5.42. The average molecular weight is 560 g/mol. The number of aliphatic hydroxyl groups excluding tert-OH is 1. The lowest BCUT2D eigenvalue weighted by atomic mass is 9.71. The van der Waals surface area contributed by atoms with Crippen molar-refractivity contribution in [1.82, 2.24) is 9.80 Å². The molecular weight excluding hydrogens is 520 g/mol. The first-order valence-electron chi connectivity index (χ1n) is 12.6. The Balaban J connectivity index is 2.01. The van der Waals surface area contributed by atoms with E-state index in [9.17, 15) is 19.5 Å². The zero-order valence-electron chi connectivity index (χ0n) is 20.6. The number of aliphatic hydroxyl groups is 1. The molecule has 3 fully saturated rings. The molecule has 1 spiro atoms. The van der Waals surface area contributed by atoms with E-state index in [2.05, 4.69) is 36.4 Å². The van der Waals surface area contributed by atoms with Crippen LogP contribution in [0.3, 0.4) is 0 Å². The van der Waals surface area contributed by atoms with E-state index in [4.69, 9.17) is 4.74 Å². The van der Waals surface area contributed by atoms with E-state index in [0.29, 0.717) is 32.4 Å². The number of esters is 1. The number of nitrogens with zero attached hydrogens (tertiary/aromatic N) is 2. The SMILES string of the molecule is C=CCN(C(=O)C1N(CCCCCO)C(=O)[C@@H]2[C@@H](C(=O)OCC)[C@@H]3SC12CC3Br)C(C)CCC. The van der Waals surface area contributed by atoms with Gasteiger partial charge in [0.05, 0.1) is 23.2 Å². The van der Waals surface area contributed by atoms with Crippen LogP contribution in [0.2, 0.25) is 0 Å². The summed E-state index contributed by atoms with van der Waals surface area (Å²) in [6.07, 6.45) is 6.39. The van der Waals surface area contributed by atoms with Gasteiger partial charge in [0, 0.05) is 35.8 Å². The fourth-order valence-corrected chi connectivity index (χ4v) is 9.68. The maximum absolute atomic E-state index is 14.2. The Morgan fingerprint density at radius 1 is 1.38 bits per heavy atom. The third kappa shape index (κ3) is 4.81. The normalized spacial score (nSPS) is 32.6. The predicted molar refractivity (Wildman–Crippen MR) is 138 cm³/mol. The molecule has 0 saturated carbocycles. The number of hydrogen-bond donors (Lipinski definition) is 1. The Morgan fingerprint density at radius 3 is 2.74 bits per heavy atom. The maximum atomic E-state index is 14.2. The fourth-order valence-electron chi connectivity index (χ4n) is 6.08. The minimum Gasteiger partial charge on any atom is -0.466 e. The van der Waals surface area contributed by atoms with Crippen LogP contribution < -0.4 is 0 Å². The number of rotatable bonds is 13. The van der Waals surface area contributed by atoms with Gasteiger partial charge in [0.25, 0.3) is 0 Å². The first-order valence-corrected chi connectivity index (χ1v) is 14.4. The van der Waals surface area contributed by atoms with Gasteiger partial charge < -0.3 is 19.6 Å². The molecule has 3 saturated heterocycles. The lowest BCUT2D eigenvalue weighted by Gasteiger charge is -2.39. The molecule has 3 aliphatic heterocycles. The van der Waals surface area contributed by atoms with Crippen LogP contribution in [0.25, 0.3) is 0 Å². The number of carbonyl (C=O) groups is 3. The van der Waals surface area contributed by atoms with E-state index in [1.54, 1.807) is 29.7 Å². The fraction of sp³-hybridized carbons (Fsp3) is 0.800. The first kappa shape index (κ1) is 27.5. The van der Waals surface area contributed by atoms with Gasteiger partial charge in [0.1, 0.15) is 6.04 Å². The van der Waals surface area contributed by atoms with Gasteiger partial charge in [-0.05, 0) is 46.0 Å². The molecule has 9 heteroatoms. The summed E-state index contributed by atoms with van der Waals surface area (Å²) in [5.41, 5.74) is 0. The van der Waals surface area contributed by atoms with Gasteiger partial charge >= 0.3 is 5.97 Å². The number of halogens is 1. The molecule has 3 aliphatic rings. The smallest absolute Gasteiger partial charge is 0.310 e. The second-order valence-corrected chi connectivity index (χ2v) is 12.4. The number of likely N-dealkylation sites (tertiary alicyclic amines) is 1. The predicted octanol–water partition coefficient (Wildman–Crippen LogP) is 3.38. The molecule has 3 heterocycles. The summed E-state index contributed by atoms with van der Waals surface area (Å²) in [5, 5.41) is 9.09. The quantitative estimate of drug-likeness (QED) is 0.161. The van der Waals surface area contributed by atoms with Crippen LogP contribution in [0.4, 0.5) is 0 Å². The van der Waals surface area contributed by atoms with Crippen molar-refractivity contribution in [3.05, 3.63) is 12.7 Å². The lowest BCUT2D eigenvalue weighted by Crippen LogP contribution is -2.57. The van der Waals surface area contributed by atoms with E-state index in [0.717, 1.165) is 19.3 Å². The van der Waals surface area contributed by atoms with Crippen molar-refractivity contribution in [2.45, 2.75) is 86.2 Å². The molecule has 2 bridgehead atoms. The Morgan fingerprint density at radius 2 is 2.12 bits per heavy atom. The molecule has 4 unspecified atom stereocenters. The molecule has 2 amide bonds. The molecule has 0 aromatic heterocycles. The summed E-state index contributed by atoms with van der Waals surface area (Å²) in [4.78, 5) is 44.8. The minimum absolute atomic E-state index is 0.0292. The maximum Gasteiger partial charge on any atom is 0.310 e. The monoisotopic (exact) mass is 558 g/mol. The molecule has 0 radical (unpaired) electrons. The molecule has 3 rings (SSSR count). The number of carbonyl (C=O) groups excluding carboxylic acids is 3. The first-order chi connectivity index (χ1) is 16.3. The second kappa shape index (κ2) is 11.8. The van der Waals surface area contributed by atoms with Gasteiger partial charge in [-0.1, -0.05) is 35.4 Å². The summed E-state index contributed by atoms with van der Waals surface area (Å²) < 4.78 is 4.75. The van der Waals surface area contributed by atoms with Gasteiger partial charge in [-0.3, -0.25) is 14.4 Å². The lowest BCUT2D eigenvalue weighted by molar-refractivity contribution is -0.153. The van der Waals surface area contributed by atoms with Crippen molar-refractivity contribution < 1.29 is 24.2 Å². The molecular formula is C25H39BrN2O5S. The summed E-state index contributed by atoms with van der Waals surface area (Å²) in [6, 6.07) is -0.589. The van der Waals surface area contributed by atoms with E-state index >= 15 is 0 Å². The van der Waals surface area contributed by atoms with E-state index in [1.807, 2.05) is 4.90 Å². The highest BCUT2D eigenvalue weighted by Gasteiger charge is 2.76. The van der Waals surface area contributed by atoms with Gasteiger partial charge in [-0.2, -0.15) is 0 Å². The number of alkyl halides is 1. The Kier molecular flexibility index (Phi) is 9.54. The van der Waals surface area contributed by atoms with Crippen LogP contribution >= 0.6 is 27.7 Å². The van der Waals surface area contributed by atoms with Crippen molar-refractivity contribution in [3.8, 4) is 0 Å². The van der Waals surface area contributed by atoms with E-state index in [-0.39, 0.29) is 47.1 Å². The number of thioether (sulfide) groups is 1. The molecule has 1 N–H and O–H groups in total. The molecule has 0 aliphatic carbocycles. The van der Waals surface area contributed by atoms with Crippen LogP contribution in [0, 0.1) is 11.8 Å². The highest BCUT2D eigenvalue weighted by Crippen LogP contribution is 2.68. The van der Waals surface area contributed by atoms with Crippen molar-refractivity contribution >= 4 is 45.5 Å². The van der Waals surface area contributed by atoms with Crippen LogP contribution in [-0.4, -0.2) is 85.9 Å². The Labute approximate surface area is 216 Å². The molecule has 7 atom stereocenters. The van der Waals surface area contributed by atoms with Crippen LogP contribution in [-0.2, 0) is 19.1 Å². The molecule has 192 valence electrons. The highest BCUT2D eigenvalue weighted by atomic mass is 79.9. The average Bonchev–Trinajstić information content (AvgIpc) is 3.38. The number of hydrogen-bond acceptors (Lipinski definition) is 6. The molecule has 0 aromatic rings. The van der Waals surface area contributed by atoms with E-state index < -0.39 is 22.6 Å². The van der Waals surface area contributed by atoms with Crippen LogP contribution in [0.5, 0.6) is 0 Å². The van der Waals surface area contributed by atoms with Gasteiger partial charge in [-0.25, -0.2) is 0 Å². The Hall–Kier alpha value is -1.06. The molecule has 7 nitrogen and oxygen atoms in total. The standard InChI is InChI=1S/C25H39BrN2O5S/c1-5-11-16(4)27(12-6-2)23(31)21-25-15-17(26)20(34-25)18(24(32)33-7-3)19(25)22(30)28(21)13-9-8-10-14-29/h6,16-21,29H,2,5,7-15H2,1,3-4H3/t16?,17?,18-,19+,20-,21?,25?/m1/s1. The third-order valence-electron chi connectivity index (χ3n) is 7.49. The number of fused-ring (bicyclic) bond motifs is 1. The highest BCUT2D eigenvalue weighted by molar-refractivity contribution is 9.09. The molecule has 34 heavy (non-hydrogen) atoms. The van der Waals surface area contributed by atoms with Gasteiger partial charge in [0.15, 0.2) is 0 Å². The third-order valence-corrected chi connectivity index (χ3v) is 10.7. The van der Waals surface area contributed by atoms with Crippen molar-refractivity contribution in [3.63, 3.8) is 0 Å². The van der Waals surface area contributed by atoms with Crippen molar-refractivity contribution in [2.24, 2.45) is 11.8 Å². The Bertz CT molecular complexity index is 782. The minimum atomic E-state index is -0.646. The number of amides is 2. The summed E-state index contributed by atoms with van der Waals surface area (Å²) in [6.45, 7) is 11.0.